The van der Waals surface area contributed by atoms with Gasteiger partial charge >= 0.3 is 0 Å². The second-order valence-corrected chi connectivity index (χ2v) is 4.49. The van der Waals surface area contributed by atoms with Gasteiger partial charge in [-0.25, -0.2) is 9.37 Å². The maximum Gasteiger partial charge on any atom is 0.141 e. The Labute approximate surface area is 106 Å². The molecule has 0 bridgehead atoms. The van der Waals surface area contributed by atoms with Crippen molar-refractivity contribution in [3.63, 3.8) is 0 Å². The average molecular weight is 259 g/mol. The second-order valence-electron chi connectivity index (χ2n) is 4.22. The van der Waals surface area contributed by atoms with E-state index in [4.69, 9.17) is 16.3 Å². The minimum atomic E-state index is -0.343. The highest BCUT2D eigenvalue weighted by molar-refractivity contribution is 6.17. The molecular formula is C12H16ClFN2O. The number of rotatable bonds is 3. The van der Waals surface area contributed by atoms with Crippen LogP contribution in [0.2, 0.25) is 0 Å². The van der Waals surface area contributed by atoms with Gasteiger partial charge in [0.15, 0.2) is 0 Å². The molecule has 3 nitrogen and oxygen atoms in total. The molecule has 0 atom stereocenters. The van der Waals surface area contributed by atoms with E-state index in [0.29, 0.717) is 6.04 Å². The molecule has 1 fully saturated rings. The summed E-state index contributed by atoms with van der Waals surface area (Å²) in [7, 11) is 1.98. The summed E-state index contributed by atoms with van der Waals surface area (Å²) < 4.78 is 18.4. The fourth-order valence-corrected chi connectivity index (χ4v) is 2.33. The van der Waals surface area contributed by atoms with Gasteiger partial charge in [0.1, 0.15) is 11.6 Å². The van der Waals surface area contributed by atoms with Gasteiger partial charge in [-0.05, 0) is 18.9 Å². The molecule has 17 heavy (non-hydrogen) atoms. The fourth-order valence-electron chi connectivity index (χ4n) is 2.14. The van der Waals surface area contributed by atoms with Crippen molar-refractivity contribution >= 4 is 17.4 Å². The normalized spacial score (nSPS) is 17.1. The molecule has 0 saturated carbocycles. The van der Waals surface area contributed by atoms with E-state index in [0.717, 1.165) is 37.4 Å². The molecule has 2 rings (SSSR count). The van der Waals surface area contributed by atoms with Gasteiger partial charge in [-0.1, -0.05) is 0 Å². The zero-order chi connectivity index (χ0) is 12.3. The Morgan fingerprint density at radius 3 is 2.88 bits per heavy atom. The predicted octanol–water partition coefficient (Wildman–Crippen LogP) is 2.57. The summed E-state index contributed by atoms with van der Waals surface area (Å²) in [6, 6.07) is 1.84. The summed E-state index contributed by atoms with van der Waals surface area (Å²) in [5, 5.41) is 0. The van der Waals surface area contributed by atoms with Crippen molar-refractivity contribution in [1.82, 2.24) is 4.98 Å². The molecule has 0 radical (unpaired) electrons. The van der Waals surface area contributed by atoms with Crippen LogP contribution in [0.3, 0.4) is 0 Å². The quantitative estimate of drug-likeness (QED) is 0.780. The predicted molar refractivity (Wildman–Crippen MR) is 66.0 cm³/mol. The van der Waals surface area contributed by atoms with Crippen LogP contribution in [0.25, 0.3) is 0 Å². The SMILES string of the molecule is CN(c1ncc(F)cc1CCl)C1CCOCC1. The number of hydrogen-bond acceptors (Lipinski definition) is 3. The number of halogens is 2. The summed E-state index contributed by atoms with van der Waals surface area (Å²) in [4.78, 5) is 6.23. The first kappa shape index (κ1) is 12.6. The number of alkyl halides is 1. The van der Waals surface area contributed by atoms with E-state index in [2.05, 4.69) is 9.88 Å². The molecule has 1 saturated heterocycles. The van der Waals surface area contributed by atoms with Gasteiger partial charge in [-0.3, -0.25) is 0 Å². The summed E-state index contributed by atoms with van der Waals surface area (Å²) in [6.07, 6.45) is 3.18. The highest BCUT2D eigenvalue weighted by Gasteiger charge is 2.21. The zero-order valence-electron chi connectivity index (χ0n) is 9.83. The van der Waals surface area contributed by atoms with Crippen LogP contribution in [0.1, 0.15) is 18.4 Å². The van der Waals surface area contributed by atoms with Crippen molar-refractivity contribution in [2.24, 2.45) is 0 Å². The first-order valence-electron chi connectivity index (χ1n) is 5.73. The van der Waals surface area contributed by atoms with Gasteiger partial charge in [0.25, 0.3) is 0 Å². The summed E-state index contributed by atoms with van der Waals surface area (Å²) in [5.41, 5.74) is 0.737. The minimum Gasteiger partial charge on any atom is -0.381 e. The monoisotopic (exact) mass is 258 g/mol. The first-order valence-corrected chi connectivity index (χ1v) is 6.27. The van der Waals surface area contributed by atoms with Gasteiger partial charge in [-0.2, -0.15) is 0 Å². The Bertz CT molecular complexity index is 383. The van der Waals surface area contributed by atoms with Crippen molar-refractivity contribution in [3.05, 3.63) is 23.6 Å². The van der Waals surface area contributed by atoms with Gasteiger partial charge in [0.2, 0.25) is 0 Å². The third-order valence-corrected chi connectivity index (χ3v) is 3.41. The molecule has 0 unspecified atom stereocenters. The second kappa shape index (κ2) is 5.65. The lowest BCUT2D eigenvalue weighted by atomic mass is 10.1. The van der Waals surface area contributed by atoms with Crippen molar-refractivity contribution in [2.45, 2.75) is 24.8 Å². The Morgan fingerprint density at radius 2 is 2.24 bits per heavy atom. The molecule has 0 amide bonds. The molecule has 0 aromatic carbocycles. The summed E-state index contributed by atoms with van der Waals surface area (Å²) in [5.74, 6) is 0.700. The molecule has 1 aliphatic rings. The molecule has 1 aromatic heterocycles. The van der Waals surface area contributed by atoms with Crippen molar-refractivity contribution in [3.8, 4) is 0 Å². The molecule has 1 aromatic rings. The third kappa shape index (κ3) is 2.87. The number of aromatic nitrogens is 1. The summed E-state index contributed by atoms with van der Waals surface area (Å²) in [6.45, 7) is 1.54. The van der Waals surface area contributed by atoms with E-state index in [-0.39, 0.29) is 11.7 Å². The topological polar surface area (TPSA) is 25.4 Å². The van der Waals surface area contributed by atoms with E-state index in [1.807, 2.05) is 7.05 Å². The minimum absolute atomic E-state index is 0.271. The largest absolute Gasteiger partial charge is 0.381 e. The van der Waals surface area contributed by atoms with Crippen LogP contribution >= 0.6 is 11.6 Å². The smallest absolute Gasteiger partial charge is 0.141 e. The number of nitrogens with zero attached hydrogens (tertiary/aromatic N) is 2. The van der Waals surface area contributed by atoms with Crippen molar-refractivity contribution < 1.29 is 9.13 Å². The molecule has 0 spiro atoms. The van der Waals surface area contributed by atoms with Crippen molar-refractivity contribution in [2.75, 3.05) is 25.2 Å². The van der Waals surface area contributed by atoms with Gasteiger partial charge in [0.05, 0.1) is 12.1 Å². The molecule has 0 N–H and O–H groups in total. The van der Waals surface area contributed by atoms with E-state index in [9.17, 15) is 4.39 Å². The van der Waals surface area contributed by atoms with Crippen LogP contribution in [0.5, 0.6) is 0 Å². The molecular weight excluding hydrogens is 243 g/mol. The number of ether oxygens (including phenoxy) is 1. The van der Waals surface area contributed by atoms with Crippen LogP contribution in [0.15, 0.2) is 12.3 Å². The van der Waals surface area contributed by atoms with Gasteiger partial charge in [-0.15, -0.1) is 11.6 Å². The Hall–Kier alpha value is -0.870. The standard InChI is InChI=1S/C12H16ClFN2O/c1-16(11-2-4-17-5-3-11)12-9(7-13)6-10(14)8-15-12/h6,8,11H,2-5,7H2,1H3. The van der Waals surface area contributed by atoms with E-state index in [1.165, 1.54) is 12.3 Å². The van der Waals surface area contributed by atoms with Gasteiger partial charge < -0.3 is 9.64 Å². The van der Waals surface area contributed by atoms with Crippen LogP contribution in [-0.4, -0.2) is 31.3 Å². The Balaban J connectivity index is 2.19. The molecule has 5 heteroatoms. The highest BCUT2D eigenvalue weighted by Crippen LogP contribution is 2.24. The van der Waals surface area contributed by atoms with Gasteiger partial charge in [0, 0.05) is 31.9 Å². The van der Waals surface area contributed by atoms with Crippen LogP contribution in [-0.2, 0) is 10.6 Å². The molecule has 0 aliphatic carbocycles. The number of anilines is 1. The average Bonchev–Trinajstić information content (AvgIpc) is 2.39. The number of hydrogen-bond donors (Lipinski definition) is 0. The maximum absolute atomic E-state index is 13.1. The number of pyridine rings is 1. The maximum atomic E-state index is 13.1. The Morgan fingerprint density at radius 1 is 1.53 bits per heavy atom. The Kier molecular flexibility index (Phi) is 4.18. The lowest BCUT2D eigenvalue weighted by Gasteiger charge is -2.33. The van der Waals surface area contributed by atoms with E-state index < -0.39 is 0 Å². The third-order valence-electron chi connectivity index (χ3n) is 3.13. The van der Waals surface area contributed by atoms with E-state index >= 15 is 0 Å². The van der Waals surface area contributed by atoms with Crippen LogP contribution < -0.4 is 4.90 Å². The van der Waals surface area contributed by atoms with E-state index in [1.54, 1.807) is 0 Å². The highest BCUT2D eigenvalue weighted by atomic mass is 35.5. The summed E-state index contributed by atoms with van der Waals surface area (Å²) >= 11 is 5.83. The molecule has 2 heterocycles. The first-order chi connectivity index (χ1) is 8.22. The lowest BCUT2D eigenvalue weighted by Crippen LogP contribution is -2.37. The molecule has 1 aliphatic heterocycles. The van der Waals surface area contributed by atoms with Crippen LogP contribution in [0.4, 0.5) is 10.2 Å². The van der Waals surface area contributed by atoms with Crippen molar-refractivity contribution in [1.29, 1.82) is 0 Å². The lowest BCUT2D eigenvalue weighted by molar-refractivity contribution is 0.0853. The fraction of sp³-hybridized carbons (Fsp3) is 0.583. The zero-order valence-corrected chi connectivity index (χ0v) is 10.6. The van der Waals surface area contributed by atoms with Crippen LogP contribution in [0, 0.1) is 5.82 Å². The molecule has 94 valence electrons.